The van der Waals surface area contributed by atoms with Crippen LogP contribution in [0.15, 0.2) is 36.7 Å². The van der Waals surface area contributed by atoms with Crippen LogP contribution in [0.3, 0.4) is 0 Å². The zero-order chi connectivity index (χ0) is 17.6. The van der Waals surface area contributed by atoms with E-state index in [-0.39, 0.29) is 24.5 Å². The SMILES string of the molecule is C[C@H](Cn1cccn1)NCC(=O)N[C@@H](C)c1ccc2c(c1)OCCO2. The Morgan fingerprint density at radius 3 is 2.84 bits per heavy atom. The van der Waals surface area contributed by atoms with E-state index in [0.717, 1.165) is 23.6 Å². The number of ether oxygens (including phenoxy) is 2. The second-order valence-electron chi connectivity index (χ2n) is 6.20. The summed E-state index contributed by atoms with van der Waals surface area (Å²) in [4.78, 5) is 12.2. The summed E-state index contributed by atoms with van der Waals surface area (Å²) in [6.45, 7) is 6.08. The van der Waals surface area contributed by atoms with Crippen molar-refractivity contribution in [2.45, 2.75) is 32.5 Å². The first-order chi connectivity index (χ1) is 12.1. The van der Waals surface area contributed by atoms with Crippen molar-refractivity contribution in [3.05, 3.63) is 42.2 Å². The molecule has 3 rings (SSSR count). The molecule has 7 nitrogen and oxygen atoms in total. The number of hydrogen-bond acceptors (Lipinski definition) is 5. The van der Waals surface area contributed by atoms with Crippen molar-refractivity contribution in [3.8, 4) is 11.5 Å². The molecule has 1 aliphatic rings. The van der Waals surface area contributed by atoms with Crippen LogP contribution in [0, 0.1) is 0 Å². The van der Waals surface area contributed by atoms with Gasteiger partial charge in [-0.3, -0.25) is 9.48 Å². The van der Waals surface area contributed by atoms with E-state index in [1.165, 1.54) is 0 Å². The molecule has 0 bridgehead atoms. The molecule has 2 atom stereocenters. The average Bonchev–Trinajstić information content (AvgIpc) is 3.12. The van der Waals surface area contributed by atoms with E-state index in [0.29, 0.717) is 13.2 Å². The Hall–Kier alpha value is -2.54. The van der Waals surface area contributed by atoms with Gasteiger partial charge in [0.05, 0.1) is 19.1 Å². The van der Waals surface area contributed by atoms with Gasteiger partial charge >= 0.3 is 0 Å². The van der Waals surface area contributed by atoms with Crippen LogP contribution in [0.2, 0.25) is 0 Å². The Morgan fingerprint density at radius 2 is 2.08 bits per heavy atom. The van der Waals surface area contributed by atoms with Crippen molar-refractivity contribution in [1.29, 1.82) is 0 Å². The standard InChI is InChI=1S/C18H24N4O3/c1-13(12-22-7-3-6-20-22)19-11-18(23)21-14(2)15-4-5-16-17(10-15)25-9-8-24-16/h3-7,10,13-14,19H,8-9,11-12H2,1-2H3,(H,21,23)/t13-,14+/m1/s1. The smallest absolute Gasteiger partial charge is 0.234 e. The van der Waals surface area contributed by atoms with Crippen molar-refractivity contribution in [3.63, 3.8) is 0 Å². The van der Waals surface area contributed by atoms with Gasteiger partial charge in [0.1, 0.15) is 13.2 Å². The number of benzene rings is 1. The molecule has 0 aliphatic carbocycles. The topological polar surface area (TPSA) is 77.4 Å². The van der Waals surface area contributed by atoms with Gasteiger partial charge in [0, 0.05) is 18.4 Å². The molecular weight excluding hydrogens is 320 g/mol. The van der Waals surface area contributed by atoms with Gasteiger partial charge in [0.2, 0.25) is 5.91 Å². The predicted molar refractivity (Wildman–Crippen MR) is 93.7 cm³/mol. The zero-order valence-corrected chi connectivity index (χ0v) is 14.6. The number of aromatic nitrogens is 2. The number of hydrogen-bond donors (Lipinski definition) is 2. The van der Waals surface area contributed by atoms with Crippen LogP contribution in [0.4, 0.5) is 0 Å². The molecule has 1 aliphatic heterocycles. The molecule has 0 radical (unpaired) electrons. The quantitative estimate of drug-likeness (QED) is 0.796. The number of rotatable bonds is 7. The summed E-state index contributed by atoms with van der Waals surface area (Å²) in [7, 11) is 0. The summed E-state index contributed by atoms with van der Waals surface area (Å²) < 4.78 is 12.9. The Kier molecular flexibility index (Phi) is 5.55. The summed E-state index contributed by atoms with van der Waals surface area (Å²) in [5, 5.41) is 10.4. The van der Waals surface area contributed by atoms with Crippen LogP contribution >= 0.6 is 0 Å². The molecule has 0 saturated heterocycles. The highest BCUT2D eigenvalue weighted by atomic mass is 16.6. The third-order valence-corrected chi connectivity index (χ3v) is 4.07. The van der Waals surface area contributed by atoms with Crippen LogP contribution in [0.5, 0.6) is 11.5 Å². The molecule has 1 amide bonds. The van der Waals surface area contributed by atoms with E-state index >= 15 is 0 Å². The Balaban J connectivity index is 1.47. The Morgan fingerprint density at radius 1 is 1.28 bits per heavy atom. The van der Waals surface area contributed by atoms with Crippen molar-refractivity contribution in [1.82, 2.24) is 20.4 Å². The predicted octanol–water partition coefficient (Wildman–Crippen LogP) is 1.51. The van der Waals surface area contributed by atoms with Gasteiger partial charge < -0.3 is 20.1 Å². The summed E-state index contributed by atoms with van der Waals surface area (Å²) in [5.41, 5.74) is 0.988. The van der Waals surface area contributed by atoms with Crippen molar-refractivity contribution >= 4 is 5.91 Å². The zero-order valence-electron chi connectivity index (χ0n) is 14.6. The molecule has 2 aromatic rings. The van der Waals surface area contributed by atoms with Crippen molar-refractivity contribution in [2.24, 2.45) is 0 Å². The maximum Gasteiger partial charge on any atom is 0.234 e. The van der Waals surface area contributed by atoms with Gasteiger partial charge in [-0.1, -0.05) is 6.07 Å². The molecular formula is C18H24N4O3. The molecule has 25 heavy (non-hydrogen) atoms. The molecule has 0 fully saturated rings. The molecule has 1 aromatic carbocycles. The second-order valence-corrected chi connectivity index (χ2v) is 6.20. The van der Waals surface area contributed by atoms with Gasteiger partial charge in [-0.05, 0) is 37.6 Å². The maximum absolute atomic E-state index is 12.2. The van der Waals surface area contributed by atoms with E-state index < -0.39 is 0 Å². The molecule has 0 saturated carbocycles. The first-order valence-electron chi connectivity index (χ1n) is 8.51. The van der Waals surface area contributed by atoms with E-state index in [1.807, 2.05) is 49.0 Å². The van der Waals surface area contributed by atoms with Crippen molar-refractivity contribution in [2.75, 3.05) is 19.8 Å². The highest BCUT2D eigenvalue weighted by Gasteiger charge is 2.16. The van der Waals surface area contributed by atoms with Gasteiger partial charge in [0.25, 0.3) is 0 Å². The normalized spacial score (nSPS) is 15.4. The van der Waals surface area contributed by atoms with E-state index in [9.17, 15) is 4.79 Å². The number of nitrogens with one attached hydrogen (secondary N) is 2. The monoisotopic (exact) mass is 344 g/mol. The van der Waals surface area contributed by atoms with Crippen LogP contribution < -0.4 is 20.1 Å². The van der Waals surface area contributed by atoms with Gasteiger partial charge in [-0.25, -0.2) is 0 Å². The van der Waals surface area contributed by atoms with E-state index in [1.54, 1.807) is 6.20 Å². The van der Waals surface area contributed by atoms with Crippen LogP contribution in [-0.4, -0.2) is 41.5 Å². The third-order valence-electron chi connectivity index (χ3n) is 4.07. The number of amides is 1. The van der Waals surface area contributed by atoms with Crippen LogP contribution in [-0.2, 0) is 11.3 Å². The molecule has 2 N–H and O–H groups in total. The van der Waals surface area contributed by atoms with Crippen LogP contribution in [0.25, 0.3) is 0 Å². The van der Waals surface area contributed by atoms with Crippen molar-refractivity contribution < 1.29 is 14.3 Å². The number of fused-ring (bicyclic) bond motifs is 1. The Labute approximate surface area is 147 Å². The van der Waals surface area contributed by atoms with E-state index in [2.05, 4.69) is 15.7 Å². The summed E-state index contributed by atoms with van der Waals surface area (Å²) >= 11 is 0. The van der Waals surface area contributed by atoms with E-state index in [4.69, 9.17) is 9.47 Å². The second kappa shape index (κ2) is 8.02. The fraction of sp³-hybridized carbons (Fsp3) is 0.444. The minimum Gasteiger partial charge on any atom is -0.486 e. The maximum atomic E-state index is 12.2. The highest BCUT2D eigenvalue weighted by Crippen LogP contribution is 2.32. The summed E-state index contributed by atoms with van der Waals surface area (Å²) in [5.74, 6) is 1.44. The first kappa shape index (κ1) is 17.3. The molecule has 7 heteroatoms. The largest absolute Gasteiger partial charge is 0.486 e. The van der Waals surface area contributed by atoms with Gasteiger partial charge in [0.15, 0.2) is 11.5 Å². The summed E-state index contributed by atoms with van der Waals surface area (Å²) in [6, 6.07) is 7.69. The number of carbonyl (C=O) groups is 1. The minimum absolute atomic E-state index is 0.0466. The molecule has 0 unspecified atom stereocenters. The fourth-order valence-corrected chi connectivity index (χ4v) is 2.73. The molecule has 1 aromatic heterocycles. The number of carbonyl (C=O) groups excluding carboxylic acids is 1. The molecule has 134 valence electrons. The lowest BCUT2D eigenvalue weighted by atomic mass is 10.1. The van der Waals surface area contributed by atoms with Crippen LogP contribution in [0.1, 0.15) is 25.5 Å². The lowest BCUT2D eigenvalue weighted by Gasteiger charge is -2.21. The van der Waals surface area contributed by atoms with Gasteiger partial charge in [-0.15, -0.1) is 0 Å². The summed E-state index contributed by atoms with van der Waals surface area (Å²) in [6.07, 6.45) is 3.65. The highest BCUT2D eigenvalue weighted by molar-refractivity contribution is 5.78. The lowest BCUT2D eigenvalue weighted by molar-refractivity contribution is -0.121. The number of nitrogens with zero attached hydrogens (tertiary/aromatic N) is 2. The minimum atomic E-state index is -0.105. The molecule has 0 spiro atoms. The lowest BCUT2D eigenvalue weighted by Crippen LogP contribution is -2.40. The van der Waals surface area contributed by atoms with Gasteiger partial charge in [-0.2, -0.15) is 5.10 Å². The fourth-order valence-electron chi connectivity index (χ4n) is 2.73. The molecule has 2 heterocycles. The first-order valence-corrected chi connectivity index (χ1v) is 8.51. The average molecular weight is 344 g/mol. The third kappa shape index (κ3) is 4.73. The Bertz CT molecular complexity index is 702.